The minimum Gasteiger partial charge on any atom is -0.738 e. The highest BCUT2D eigenvalue weighted by Crippen LogP contribution is 2.48. The molecule has 2 aliphatic rings. The topological polar surface area (TPSA) is 106 Å². The third-order valence-corrected chi connectivity index (χ3v) is 5.78. The molecule has 0 saturated heterocycles. The van der Waals surface area contributed by atoms with Gasteiger partial charge in [0.1, 0.15) is 6.10 Å². The van der Waals surface area contributed by atoms with Crippen molar-refractivity contribution in [3.05, 3.63) is 28.5 Å². The smallest absolute Gasteiger partial charge is 0.202 e. The van der Waals surface area contributed by atoms with Crippen LogP contribution < -0.4 is 5.90 Å². The first-order chi connectivity index (χ1) is 14.5. The van der Waals surface area contributed by atoms with Crippen molar-refractivity contribution >= 4 is 5.78 Å². The van der Waals surface area contributed by atoms with Crippen molar-refractivity contribution in [1.29, 1.82) is 0 Å². The molecular formula is C24H41N2O6-. The lowest BCUT2D eigenvalue weighted by Crippen LogP contribution is -2.44. The van der Waals surface area contributed by atoms with Gasteiger partial charge < -0.3 is 9.94 Å². The summed E-state index contributed by atoms with van der Waals surface area (Å²) in [4.78, 5) is 28.6. The molecule has 0 aromatic rings. The summed E-state index contributed by atoms with van der Waals surface area (Å²) < 4.78 is 5.81. The number of nitrogens with two attached hydrogens (primary N) is 1. The van der Waals surface area contributed by atoms with Gasteiger partial charge in [-0.15, -0.1) is 5.39 Å². The lowest BCUT2D eigenvalue weighted by atomic mass is 9.67. The molecule has 184 valence electrons. The molecule has 8 heteroatoms. The molecule has 0 aromatic heterocycles. The maximum Gasteiger partial charge on any atom is 0.202 e. The van der Waals surface area contributed by atoms with Crippen LogP contribution in [0, 0.1) is 22.0 Å². The van der Waals surface area contributed by atoms with Crippen molar-refractivity contribution in [1.82, 2.24) is 5.39 Å². The molecule has 1 fully saturated rings. The highest BCUT2D eigenvalue weighted by molar-refractivity contribution is 6.10. The van der Waals surface area contributed by atoms with Crippen LogP contribution in [0.1, 0.15) is 75.7 Å². The average Bonchev–Trinajstić information content (AvgIpc) is 3.14. The molecule has 0 heterocycles. The van der Waals surface area contributed by atoms with E-state index in [1.165, 1.54) is 0 Å². The molecule has 0 aliphatic heterocycles. The highest BCUT2D eigenvalue weighted by Gasteiger charge is 2.68. The van der Waals surface area contributed by atoms with Crippen LogP contribution in [0.5, 0.6) is 0 Å². The van der Waals surface area contributed by atoms with Gasteiger partial charge in [0.2, 0.25) is 5.78 Å². The van der Waals surface area contributed by atoms with E-state index in [0.717, 1.165) is 11.1 Å². The first-order valence-electron chi connectivity index (χ1n) is 11.3. The standard InChI is InChI=1S/C24H41N2O6/c1-11-29-24(19(27)20(24)30-25)14-15-12-16(21(2,3)4)18(17(13-15)22(5,6)7)31-26(28)32-23(8,9)10/h12-13,16,18,20H,11,14,25H2,1-10H3/q-1. The zero-order chi connectivity index (χ0) is 24.7. The average molecular weight is 454 g/mol. The Balaban J connectivity index is 2.45. The van der Waals surface area contributed by atoms with Crippen molar-refractivity contribution in [2.75, 3.05) is 6.61 Å². The second-order valence-corrected chi connectivity index (χ2v) is 11.8. The van der Waals surface area contributed by atoms with Gasteiger partial charge in [0.05, 0.1) is 5.60 Å². The lowest BCUT2D eigenvalue weighted by Gasteiger charge is -2.46. The van der Waals surface area contributed by atoms with Gasteiger partial charge in [0.25, 0.3) is 0 Å². The second kappa shape index (κ2) is 9.25. The van der Waals surface area contributed by atoms with E-state index >= 15 is 0 Å². The number of ketones is 1. The van der Waals surface area contributed by atoms with Gasteiger partial charge in [-0.1, -0.05) is 53.7 Å². The number of allylic oxidation sites excluding steroid dienone is 1. The van der Waals surface area contributed by atoms with E-state index in [1.807, 2.05) is 13.0 Å². The summed E-state index contributed by atoms with van der Waals surface area (Å²) >= 11 is 0. The molecule has 0 radical (unpaired) electrons. The fraction of sp³-hybridized carbons (Fsp3) is 0.792. The summed E-state index contributed by atoms with van der Waals surface area (Å²) in [5.41, 5.74) is -0.409. The monoisotopic (exact) mass is 453 g/mol. The van der Waals surface area contributed by atoms with Gasteiger partial charge in [-0.25, -0.2) is 5.90 Å². The predicted octanol–water partition coefficient (Wildman–Crippen LogP) is 4.40. The molecule has 2 rings (SSSR count). The van der Waals surface area contributed by atoms with Crippen LogP contribution in [-0.2, 0) is 24.0 Å². The Kier molecular flexibility index (Phi) is 7.84. The van der Waals surface area contributed by atoms with Gasteiger partial charge >= 0.3 is 0 Å². The number of carbonyl (C=O) groups is 1. The maximum absolute atomic E-state index is 12.5. The van der Waals surface area contributed by atoms with E-state index < -0.39 is 23.4 Å². The highest BCUT2D eigenvalue weighted by atomic mass is 17.1. The van der Waals surface area contributed by atoms with Gasteiger partial charge in [0.15, 0.2) is 11.7 Å². The maximum atomic E-state index is 12.5. The molecule has 4 atom stereocenters. The van der Waals surface area contributed by atoms with E-state index in [9.17, 15) is 10.0 Å². The fourth-order valence-corrected chi connectivity index (χ4v) is 4.17. The predicted molar refractivity (Wildman–Crippen MR) is 123 cm³/mol. The largest absolute Gasteiger partial charge is 0.738 e. The quantitative estimate of drug-likeness (QED) is 0.539. The number of rotatable bonds is 8. The Bertz CT molecular complexity index is 756. The molecule has 4 unspecified atom stereocenters. The molecule has 0 bridgehead atoms. The number of hydrogen-bond acceptors (Lipinski definition) is 8. The zero-order valence-electron chi connectivity index (χ0n) is 21.3. The second-order valence-electron chi connectivity index (χ2n) is 11.8. The first-order valence-corrected chi connectivity index (χ1v) is 11.3. The van der Waals surface area contributed by atoms with Gasteiger partial charge in [0, 0.05) is 18.9 Å². The normalized spacial score (nSPS) is 29.3. The minimum absolute atomic E-state index is 0.150. The third kappa shape index (κ3) is 6.05. The van der Waals surface area contributed by atoms with Crippen LogP contribution >= 0.6 is 0 Å². The van der Waals surface area contributed by atoms with Crippen LogP contribution in [0.25, 0.3) is 0 Å². The van der Waals surface area contributed by atoms with Crippen LogP contribution in [0.4, 0.5) is 0 Å². The Morgan fingerprint density at radius 1 is 1.12 bits per heavy atom. The van der Waals surface area contributed by atoms with E-state index in [0.29, 0.717) is 13.0 Å². The molecule has 0 aromatic carbocycles. The summed E-state index contributed by atoms with van der Waals surface area (Å²) in [6.45, 7) is 20.1. The SMILES string of the molecule is CCOC1(CC2=CC(C(C)(C)C)C(ON([O-])OC(C)(C)C)C(C(C)(C)C)=C2)C(=O)C1ON. The lowest BCUT2D eigenvalue weighted by molar-refractivity contribution is -0.389. The fourth-order valence-electron chi connectivity index (χ4n) is 4.17. The van der Waals surface area contributed by atoms with Crippen molar-refractivity contribution in [2.45, 2.75) is 99.1 Å². The van der Waals surface area contributed by atoms with Crippen molar-refractivity contribution in [2.24, 2.45) is 22.6 Å². The zero-order valence-corrected chi connectivity index (χ0v) is 21.3. The molecule has 0 spiro atoms. The Morgan fingerprint density at radius 2 is 1.72 bits per heavy atom. The van der Waals surface area contributed by atoms with Crippen LogP contribution in [0.2, 0.25) is 0 Å². The third-order valence-electron chi connectivity index (χ3n) is 5.78. The van der Waals surface area contributed by atoms with Crippen molar-refractivity contribution in [3.63, 3.8) is 0 Å². The van der Waals surface area contributed by atoms with Gasteiger partial charge in [-0.05, 0) is 49.7 Å². The summed E-state index contributed by atoms with van der Waals surface area (Å²) in [6, 6.07) is 0. The Hall–Kier alpha value is -1.13. The van der Waals surface area contributed by atoms with Gasteiger partial charge in [-0.3, -0.25) is 19.3 Å². The minimum atomic E-state index is -1.06. The molecular weight excluding hydrogens is 412 g/mol. The van der Waals surface area contributed by atoms with Gasteiger partial charge in [-0.2, -0.15) is 0 Å². The molecule has 0 amide bonds. The van der Waals surface area contributed by atoms with E-state index in [1.54, 1.807) is 20.8 Å². The van der Waals surface area contributed by atoms with E-state index in [2.05, 4.69) is 47.6 Å². The number of hydrogen-bond donors (Lipinski definition) is 1. The number of carbonyl (C=O) groups excluding carboxylic acids is 1. The summed E-state index contributed by atoms with van der Waals surface area (Å²) in [5.74, 6) is 5.04. The summed E-state index contributed by atoms with van der Waals surface area (Å²) in [7, 11) is 0. The number of Topliss-reactive ketones (excluding diaryl/α,β-unsaturated/α-hetero) is 1. The summed E-state index contributed by atoms with van der Waals surface area (Å²) in [5, 5.41) is 12.8. The van der Waals surface area contributed by atoms with Crippen LogP contribution in [-0.4, -0.2) is 41.2 Å². The van der Waals surface area contributed by atoms with E-state index in [4.69, 9.17) is 25.1 Å². The molecule has 2 aliphatic carbocycles. The number of ether oxygens (including phenoxy) is 1. The van der Waals surface area contributed by atoms with Crippen molar-refractivity contribution in [3.8, 4) is 0 Å². The molecule has 2 N–H and O–H groups in total. The van der Waals surface area contributed by atoms with Crippen LogP contribution in [0.15, 0.2) is 23.3 Å². The molecule has 8 nitrogen and oxygen atoms in total. The number of nitrogens with zero attached hydrogens (tertiary/aromatic N) is 1. The van der Waals surface area contributed by atoms with E-state index in [-0.39, 0.29) is 27.9 Å². The Labute approximate surface area is 192 Å². The summed E-state index contributed by atoms with van der Waals surface area (Å²) in [6.07, 6.45) is 3.13. The first kappa shape index (κ1) is 27.1. The van der Waals surface area contributed by atoms with Crippen LogP contribution in [0.3, 0.4) is 0 Å². The Morgan fingerprint density at radius 3 is 2.12 bits per heavy atom. The molecule has 1 saturated carbocycles. The molecule has 32 heavy (non-hydrogen) atoms. The van der Waals surface area contributed by atoms with Crippen molar-refractivity contribution < 1.29 is 24.0 Å².